The van der Waals surface area contributed by atoms with Crippen LogP contribution in [-0.2, 0) is 12.7 Å². The highest BCUT2D eigenvalue weighted by Gasteiger charge is 2.33. The van der Waals surface area contributed by atoms with E-state index >= 15 is 0 Å². The minimum absolute atomic E-state index is 0.0377. The lowest BCUT2D eigenvalue weighted by Crippen LogP contribution is -2.19. The van der Waals surface area contributed by atoms with Gasteiger partial charge in [-0.3, -0.25) is 4.98 Å². The number of nitrogens with one attached hydrogen (secondary N) is 3. The summed E-state index contributed by atoms with van der Waals surface area (Å²) in [4.78, 5) is 16.3. The average Bonchev–Trinajstić information content (AvgIpc) is 2.71. The lowest BCUT2D eigenvalue weighted by Gasteiger charge is -2.12. The molecule has 0 aliphatic rings. The van der Waals surface area contributed by atoms with E-state index in [1.807, 2.05) is 7.05 Å². The second kappa shape index (κ2) is 9.67. The number of alkyl halides is 3. The number of anilines is 2. The summed E-state index contributed by atoms with van der Waals surface area (Å²) in [6.45, 7) is 0.604. The molecule has 1 heterocycles. The Morgan fingerprint density at radius 2 is 1.68 bits per heavy atom. The van der Waals surface area contributed by atoms with Crippen LogP contribution in [0, 0.1) is 0 Å². The molecule has 0 spiro atoms. The second-order valence-electron chi connectivity index (χ2n) is 6.41. The number of rotatable bonds is 6. The Bertz CT molecular complexity index is 1060. The third-order valence-electron chi connectivity index (χ3n) is 4.02. The minimum Gasteiger partial charge on any atom is -0.457 e. The van der Waals surface area contributed by atoms with Crippen molar-refractivity contribution in [3.05, 3.63) is 77.1 Å². The van der Waals surface area contributed by atoms with Crippen LogP contribution in [0.4, 0.5) is 29.3 Å². The number of halogens is 4. The molecule has 3 rings (SSSR count). The lowest BCUT2D eigenvalue weighted by atomic mass is 10.2. The molecule has 0 atom stereocenters. The molecule has 0 bridgehead atoms. The zero-order valence-corrected chi connectivity index (χ0v) is 17.0. The molecular formula is C21H18ClF3N4O2. The highest BCUT2D eigenvalue weighted by atomic mass is 35.5. The molecule has 0 saturated carbocycles. The van der Waals surface area contributed by atoms with Crippen LogP contribution < -0.4 is 20.7 Å². The van der Waals surface area contributed by atoms with Crippen molar-refractivity contribution in [1.29, 1.82) is 0 Å². The molecule has 0 saturated heterocycles. The predicted octanol–water partition coefficient (Wildman–Crippen LogP) is 5.91. The highest BCUT2D eigenvalue weighted by Crippen LogP contribution is 2.36. The van der Waals surface area contributed by atoms with Gasteiger partial charge in [0.25, 0.3) is 0 Å². The fourth-order valence-electron chi connectivity index (χ4n) is 2.65. The molecule has 3 N–H and O–H groups in total. The van der Waals surface area contributed by atoms with Crippen LogP contribution in [0.25, 0.3) is 0 Å². The van der Waals surface area contributed by atoms with Crippen molar-refractivity contribution in [2.75, 3.05) is 17.7 Å². The SMILES string of the molecule is CNCc1cc(Oc2ccc(NC(=O)Nc3ccc(Cl)c(C(F)(F)F)c3)cc2)ccn1. The summed E-state index contributed by atoms with van der Waals surface area (Å²) < 4.78 is 44.6. The van der Waals surface area contributed by atoms with Crippen molar-refractivity contribution >= 4 is 29.0 Å². The number of carbonyl (C=O) groups excluding carboxylic acids is 1. The largest absolute Gasteiger partial charge is 0.457 e. The van der Waals surface area contributed by atoms with Gasteiger partial charge >= 0.3 is 12.2 Å². The summed E-state index contributed by atoms with van der Waals surface area (Å²) in [7, 11) is 1.82. The maximum Gasteiger partial charge on any atom is 0.417 e. The number of carbonyl (C=O) groups is 1. The first kappa shape index (κ1) is 22.4. The highest BCUT2D eigenvalue weighted by molar-refractivity contribution is 6.31. The van der Waals surface area contributed by atoms with E-state index in [0.717, 1.165) is 17.8 Å². The van der Waals surface area contributed by atoms with Gasteiger partial charge in [0.15, 0.2) is 0 Å². The quantitative estimate of drug-likeness (QED) is 0.436. The molecule has 10 heteroatoms. The molecule has 6 nitrogen and oxygen atoms in total. The van der Waals surface area contributed by atoms with Crippen molar-refractivity contribution in [2.24, 2.45) is 0 Å². The molecule has 0 aliphatic carbocycles. The number of ether oxygens (including phenoxy) is 1. The number of hydrogen-bond acceptors (Lipinski definition) is 4. The first-order chi connectivity index (χ1) is 14.7. The predicted molar refractivity (Wildman–Crippen MR) is 113 cm³/mol. The lowest BCUT2D eigenvalue weighted by molar-refractivity contribution is -0.137. The van der Waals surface area contributed by atoms with Gasteiger partial charge in [-0.2, -0.15) is 13.2 Å². The van der Waals surface area contributed by atoms with E-state index in [1.54, 1.807) is 42.6 Å². The summed E-state index contributed by atoms with van der Waals surface area (Å²) in [5.74, 6) is 1.15. The van der Waals surface area contributed by atoms with Gasteiger partial charge in [-0.15, -0.1) is 0 Å². The van der Waals surface area contributed by atoms with Crippen molar-refractivity contribution in [2.45, 2.75) is 12.7 Å². The molecule has 31 heavy (non-hydrogen) atoms. The van der Waals surface area contributed by atoms with Gasteiger partial charge < -0.3 is 20.7 Å². The Labute approximate surface area is 181 Å². The molecule has 0 unspecified atom stereocenters. The summed E-state index contributed by atoms with van der Waals surface area (Å²) in [5.41, 5.74) is 0.193. The number of aromatic nitrogens is 1. The van der Waals surface area contributed by atoms with E-state index in [1.165, 1.54) is 6.07 Å². The van der Waals surface area contributed by atoms with Gasteiger partial charge in [-0.25, -0.2) is 4.79 Å². The number of urea groups is 1. The first-order valence-corrected chi connectivity index (χ1v) is 9.44. The monoisotopic (exact) mass is 450 g/mol. The molecule has 0 fully saturated rings. The fourth-order valence-corrected chi connectivity index (χ4v) is 2.88. The molecule has 3 aromatic rings. The van der Waals surface area contributed by atoms with Crippen LogP contribution in [0.2, 0.25) is 5.02 Å². The van der Waals surface area contributed by atoms with Gasteiger partial charge in [0.1, 0.15) is 11.5 Å². The summed E-state index contributed by atoms with van der Waals surface area (Å²) >= 11 is 5.58. The Morgan fingerprint density at radius 1 is 1.00 bits per heavy atom. The van der Waals surface area contributed by atoms with E-state index < -0.39 is 22.8 Å². The van der Waals surface area contributed by atoms with Crippen molar-refractivity contribution in [3.63, 3.8) is 0 Å². The van der Waals surface area contributed by atoms with Crippen LogP contribution in [0.5, 0.6) is 11.5 Å². The number of amides is 2. The smallest absolute Gasteiger partial charge is 0.417 e. The minimum atomic E-state index is -4.62. The Morgan fingerprint density at radius 3 is 2.35 bits per heavy atom. The second-order valence-corrected chi connectivity index (χ2v) is 6.82. The zero-order valence-electron chi connectivity index (χ0n) is 16.3. The standard InChI is InChI=1S/C21H18ClF3N4O2/c1-26-12-15-10-17(8-9-27-15)31-16-5-2-13(3-6-16)28-20(30)29-14-4-7-19(22)18(11-14)21(23,24)25/h2-11,26H,12H2,1H3,(H2,28,29,30). The Balaban J connectivity index is 1.61. The van der Waals surface area contributed by atoms with E-state index in [2.05, 4.69) is 20.9 Å². The molecule has 0 radical (unpaired) electrons. The van der Waals surface area contributed by atoms with E-state index in [-0.39, 0.29) is 5.69 Å². The summed E-state index contributed by atoms with van der Waals surface area (Å²) in [6.07, 6.45) is -2.98. The topological polar surface area (TPSA) is 75.3 Å². The van der Waals surface area contributed by atoms with Crippen LogP contribution in [0.1, 0.15) is 11.3 Å². The van der Waals surface area contributed by atoms with Crippen molar-refractivity contribution in [1.82, 2.24) is 10.3 Å². The van der Waals surface area contributed by atoms with Crippen LogP contribution in [0.15, 0.2) is 60.8 Å². The van der Waals surface area contributed by atoms with Crippen LogP contribution in [-0.4, -0.2) is 18.1 Å². The normalized spacial score (nSPS) is 11.1. The molecular weight excluding hydrogens is 433 g/mol. The van der Waals surface area contributed by atoms with E-state index in [9.17, 15) is 18.0 Å². The molecule has 0 aliphatic heterocycles. The molecule has 1 aromatic heterocycles. The molecule has 162 valence electrons. The van der Waals surface area contributed by atoms with Gasteiger partial charge in [-0.1, -0.05) is 11.6 Å². The van der Waals surface area contributed by atoms with Gasteiger partial charge in [0.05, 0.1) is 16.3 Å². The third kappa shape index (κ3) is 6.34. The fraction of sp³-hybridized carbons (Fsp3) is 0.143. The average molecular weight is 451 g/mol. The third-order valence-corrected chi connectivity index (χ3v) is 4.35. The van der Waals surface area contributed by atoms with Crippen molar-refractivity contribution < 1.29 is 22.7 Å². The first-order valence-electron chi connectivity index (χ1n) is 9.07. The van der Waals surface area contributed by atoms with Gasteiger partial charge in [0, 0.05) is 30.2 Å². The Hall–Kier alpha value is -3.30. The molecule has 2 aromatic carbocycles. The van der Waals surface area contributed by atoms with Crippen LogP contribution in [0.3, 0.4) is 0 Å². The van der Waals surface area contributed by atoms with Gasteiger partial charge in [0.2, 0.25) is 0 Å². The van der Waals surface area contributed by atoms with Crippen molar-refractivity contribution in [3.8, 4) is 11.5 Å². The van der Waals surface area contributed by atoms with Crippen LogP contribution >= 0.6 is 11.6 Å². The Kier molecular flexibility index (Phi) is 6.98. The maximum absolute atomic E-state index is 12.9. The van der Waals surface area contributed by atoms with E-state index in [4.69, 9.17) is 16.3 Å². The number of nitrogens with zero attached hydrogens (tertiary/aromatic N) is 1. The zero-order chi connectivity index (χ0) is 22.4. The summed E-state index contributed by atoms with van der Waals surface area (Å²) in [6, 6.07) is 12.5. The number of pyridine rings is 1. The number of benzene rings is 2. The maximum atomic E-state index is 12.9. The van der Waals surface area contributed by atoms with E-state index in [0.29, 0.717) is 23.7 Å². The number of hydrogen-bond donors (Lipinski definition) is 3. The van der Waals surface area contributed by atoms with Gasteiger partial charge in [-0.05, 0) is 55.6 Å². The molecule has 2 amide bonds. The summed E-state index contributed by atoms with van der Waals surface area (Å²) in [5, 5.41) is 7.45.